The fraction of sp³-hybridized carbons (Fsp3) is 0.478. The normalized spacial score (nSPS) is 16.4. The van der Waals surface area contributed by atoms with Gasteiger partial charge >= 0.3 is 0 Å². The summed E-state index contributed by atoms with van der Waals surface area (Å²) in [5, 5.41) is 3.17. The zero-order valence-corrected chi connectivity index (χ0v) is 18.1. The summed E-state index contributed by atoms with van der Waals surface area (Å²) in [7, 11) is 0. The number of thioether (sulfide) groups is 1. The molecule has 0 atom stereocenters. The summed E-state index contributed by atoms with van der Waals surface area (Å²) in [6, 6.07) is 12.3. The first kappa shape index (κ1) is 20.1. The highest BCUT2D eigenvalue weighted by Crippen LogP contribution is 2.36. The zero-order valence-electron chi connectivity index (χ0n) is 17.3. The predicted molar refractivity (Wildman–Crippen MR) is 120 cm³/mol. The molecule has 4 rings (SSSR count). The van der Waals surface area contributed by atoms with Gasteiger partial charge in [0.1, 0.15) is 5.82 Å². The Morgan fingerprint density at radius 2 is 1.90 bits per heavy atom. The number of carbonyl (C=O) groups excluding carboxylic acids is 1. The molecule has 5 nitrogen and oxygen atoms in total. The molecule has 154 valence electrons. The second-order valence-electron chi connectivity index (χ2n) is 8.40. The third kappa shape index (κ3) is 4.37. The molecule has 1 aliphatic rings. The Morgan fingerprint density at radius 1 is 1.17 bits per heavy atom. The molecule has 1 amide bonds. The standard InChI is InChI=1S/C23H30N4OS/c1-18(2)17-27-20-8-4-3-7-19(20)25-21(27)16-24-22(28)15-23(9-13-29-14-10-23)26-11-5-6-12-26/h3-8,11-12,18H,9-10,13-17H2,1-2H3,(H,24,28). The largest absolute Gasteiger partial charge is 0.349 e. The molecule has 0 spiro atoms. The molecule has 0 bridgehead atoms. The van der Waals surface area contributed by atoms with Gasteiger partial charge in [-0.25, -0.2) is 4.98 Å². The summed E-state index contributed by atoms with van der Waals surface area (Å²) in [6.07, 6.45) is 6.79. The van der Waals surface area contributed by atoms with Crippen LogP contribution < -0.4 is 5.32 Å². The molecule has 1 aromatic carbocycles. The summed E-state index contributed by atoms with van der Waals surface area (Å²) in [5.41, 5.74) is 2.03. The number of benzene rings is 1. The van der Waals surface area contributed by atoms with Gasteiger partial charge in [0.25, 0.3) is 0 Å². The molecule has 0 radical (unpaired) electrons. The fourth-order valence-corrected chi connectivity index (χ4v) is 5.55. The van der Waals surface area contributed by atoms with E-state index in [9.17, 15) is 4.79 Å². The molecule has 1 fully saturated rings. The topological polar surface area (TPSA) is 51.9 Å². The van der Waals surface area contributed by atoms with Crippen molar-refractivity contribution in [2.75, 3.05) is 11.5 Å². The SMILES string of the molecule is CC(C)Cn1c(CNC(=O)CC2(n3cccc3)CCSCC2)nc2ccccc21. The monoisotopic (exact) mass is 410 g/mol. The number of nitrogens with one attached hydrogen (secondary N) is 1. The van der Waals surface area contributed by atoms with Crippen molar-refractivity contribution in [1.29, 1.82) is 0 Å². The van der Waals surface area contributed by atoms with Crippen molar-refractivity contribution in [3.63, 3.8) is 0 Å². The molecule has 29 heavy (non-hydrogen) atoms. The van der Waals surface area contributed by atoms with Crippen LogP contribution in [0.4, 0.5) is 0 Å². The third-order valence-corrected chi connectivity index (χ3v) is 6.78. The van der Waals surface area contributed by atoms with E-state index in [2.05, 4.69) is 58.9 Å². The van der Waals surface area contributed by atoms with E-state index < -0.39 is 0 Å². The lowest BCUT2D eigenvalue weighted by Crippen LogP contribution is -2.41. The van der Waals surface area contributed by atoms with E-state index in [4.69, 9.17) is 4.98 Å². The summed E-state index contributed by atoms with van der Waals surface area (Å²) in [6.45, 7) is 5.78. The number of fused-ring (bicyclic) bond motifs is 1. The first-order valence-corrected chi connectivity index (χ1v) is 11.6. The van der Waals surface area contributed by atoms with Crippen LogP contribution in [0.2, 0.25) is 0 Å². The molecule has 1 N–H and O–H groups in total. The van der Waals surface area contributed by atoms with Crippen LogP contribution in [-0.2, 0) is 23.4 Å². The molecule has 1 saturated heterocycles. The van der Waals surface area contributed by atoms with Crippen LogP contribution in [0.1, 0.15) is 38.9 Å². The first-order chi connectivity index (χ1) is 14.1. The van der Waals surface area contributed by atoms with Crippen LogP contribution in [0.3, 0.4) is 0 Å². The summed E-state index contributed by atoms with van der Waals surface area (Å²) >= 11 is 1.98. The average molecular weight is 411 g/mol. The van der Waals surface area contributed by atoms with Crippen LogP contribution in [-0.4, -0.2) is 31.5 Å². The lowest BCUT2D eigenvalue weighted by molar-refractivity contribution is -0.123. The maximum Gasteiger partial charge on any atom is 0.222 e. The van der Waals surface area contributed by atoms with Gasteiger partial charge in [-0.3, -0.25) is 4.79 Å². The highest BCUT2D eigenvalue weighted by molar-refractivity contribution is 7.99. The maximum absolute atomic E-state index is 13.0. The Kier molecular flexibility index (Phi) is 5.99. The van der Waals surface area contributed by atoms with E-state index in [1.54, 1.807) is 0 Å². The van der Waals surface area contributed by atoms with E-state index in [1.165, 1.54) is 0 Å². The second kappa shape index (κ2) is 8.66. The van der Waals surface area contributed by atoms with Crippen LogP contribution in [0.15, 0.2) is 48.8 Å². The quantitative estimate of drug-likeness (QED) is 0.627. The average Bonchev–Trinajstić information content (AvgIpc) is 3.36. The van der Waals surface area contributed by atoms with Crippen molar-refractivity contribution < 1.29 is 4.79 Å². The van der Waals surface area contributed by atoms with Crippen molar-refractivity contribution >= 4 is 28.7 Å². The van der Waals surface area contributed by atoms with E-state index in [1.807, 2.05) is 30.0 Å². The number of aromatic nitrogens is 3. The lowest BCUT2D eigenvalue weighted by atomic mass is 9.87. The molecule has 6 heteroatoms. The predicted octanol–water partition coefficient (Wildman–Crippen LogP) is 4.42. The van der Waals surface area contributed by atoms with Gasteiger partial charge in [0.2, 0.25) is 5.91 Å². The molecular weight excluding hydrogens is 380 g/mol. The molecule has 0 unspecified atom stereocenters. The number of para-hydroxylation sites is 2. The summed E-state index contributed by atoms with van der Waals surface area (Å²) in [4.78, 5) is 17.8. The summed E-state index contributed by atoms with van der Waals surface area (Å²) < 4.78 is 4.50. The minimum atomic E-state index is -0.100. The Bertz CT molecular complexity index is 955. The van der Waals surface area contributed by atoms with E-state index in [0.717, 1.165) is 47.7 Å². The minimum Gasteiger partial charge on any atom is -0.349 e. The van der Waals surface area contributed by atoms with Crippen LogP contribution >= 0.6 is 11.8 Å². The maximum atomic E-state index is 13.0. The lowest BCUT2D eigenvalue weighted by Gasteiger charge is -2.38. The van der Waals surface area contributed by atoms with Crippen molar-refractivity contribution in [1.82, 2.24) is 19.4 Å². The fourth-order valence-electron chi connectivity index (χ4n) is 4.30. The van der Waals surface area contributed by atoms with Crippen molar-refractivity contribution in [2.24, 2.45) is 5.92 Å². The van der Waals surface area contributed by atoms with Crippen molar-refractivity contribution in [2.45, 2.75) is 51.7 Å². The van der Waals surface area contributed by atoms with Crippen LogP contribution in [0, 0.1) is 5.92 Å². The van der Waals surface area contributed by atoms with Gasteiger partial charge in [0.05, 0.1) is 29.5 Å². The Morgan fingerprint density at radius 3 is 2.62 bits per heavy atom. The number of imidazole rings is 1. The van der Waals surface area contributed by atoms with Crippen LogP contribution in [0.25, 0.3) is 11.0 Å². The second-order valence-corrected chi connectivity index (χ2v) is 9.63. The van der Waals surface area contributed by atoms with Gasteiger partial charge < -0.3 is 14.5 Å². The third-order valence-electron chi connectivity index (χ3n) is 5.79. The molecule has 1 aliphatic heterocycles. The van der Waals surface area contributed by atoms with Gasteiger partial charge in [-0.2, -0.15) is 11.8 Å². The molecule has 3 heterocycles. The van der Waals surface area contributed by atoms with Gasteiger partial charge in [0.15, 0.2) is 0 Å². The number of amides is 1. The van der Waals surface area contributed by atoms with Gasteiger partial charge in [-0.1, -0.05) is 26.0 Å². The molecule has 3 aromatic rings. The number of hydrogen-bond acceptors (Lipinski definition) is 3. The Labute approximate surface area is 176 Å². The number of nitrogens with zero attached hydrogens (tertiary/aromatic N) is 3. The number of carbonyl (C=O) groups is 1. The zero-order chi connectivity index (χ0) is 20.3. The van der Waals surface area contributed by atoms with Crippen LogP contribution in [0.5, 0.6) is 0 Å². The highest BCUT2D eigenvalue weighted by Gasteiger charge is 2.35. The van der Waals surface area contributed by atoms with Gasteiger partial charge in [-0.15, -0.1) is 0 Å². The van der Waals surface area contributed by atoms with Crippen molar-refractivity contribution in [3.8, 4) is 0 Å². The van der Waals surface area contributed by atoms with Gasteiger partial charge in [-0.05, 0) is 54.5 Å². The van der Waals surface area contributed by atoms with E-state index in [0.29, 0.717) is 18.9 Å². The smallest absolute Gasteiger partial charge is 0.222 e. The molecule has 2 aromatic heterocycles. The van der Waals surface area contributed by atoms with Gasteiger partial charge in [0, 0.05) is 18.9 Å². The Hall–Kier alpha value is -2.21. The molecule has 0 saturated carbocycles. The summed E-state index contributed by atoms with van der Waals surface area (Å²) in [5.74, 6) is 3.76. The highest BCUT2D eigenvalue weighted by atomic mass is 32.2. The minimum absolute atomic E-state index is 0.100. The first-order valence-electron chi connectivity index (χ1n) is 10.5. The number of rotatable bonds is 7. The number of hydrogen-bond donors (Lipinski definition) is 1. The Balaban J connectivity index is 1.49. The molecular formula is C23H30N4OS. The molecule has 0 aliphatic carbocycles. The van der Waals surface area contributed by atoms with E-state index >= 15 is 0 Å². The van der Waals surface area contributed by atoms with Crippen molar-refractivity contribution in [3.05, 3.63) is 54.6 Å². The van der Waals surface area contributed by atoms with E-state index in [-0.39, 0.29) is 11.4 Å².